The molecule has 5 nitrogen and oxygen atoms in total. The van der Waals surface area contributed by atoms with Crippen LogP contribution in [0.15, 0.2) is 24.3 Å². The molecule has 0 atom stereocenters. The van der Waals surface area contributed by atoms with E-state index in [4.69, 9.17) is 0 Å². The minimum absolute atomic E-state index is 0.0476. The van der Waals surface area contributed by atoms with Crippen LogP contribution in [0, 0.1) is 17.7 Å². The minimum atomic E-state index is -0.163. The highest BCUT2D eigenvalue weighted by atomic mass is 19.1. The van der Waals surface area contributed by atoms with E-state index in [1.54, 1.807) is 6.07 Å². The summed E-state index contributed by atoms with van der Waals surface area (Å²) in [7, 11) is 0. The molecular weight excluding hydrogens is 345 g/mol. The van der Waals surface area contributed by atoms with Gasteiger partial charge in [-0.15, -0.1) is 0 Å². The summed E-state index contributed by atoms with van der Waals surface area (Å²) in [6.45, 7) is 5.00. The Morgan fingerprint density at radius 2 is 1.37 bits per heavy atom. The largest absolute Gasteiger partial charge is 0.342 e. The van der Waals surface area contributed by atoms with Crippen LogP contribution in [0.2, 0.25) is 0 Å². The minimum Gasteiger partial charge on any atom is -0.342 e. The molecule has 0 N–H and O–H groups in total. The molecule has 4 rings (SSSR count). The molecule has 0 unspecified atom stereocenters. The standard InChI is InChI=1S/C21H28FN3O2/c22-19-4-2-1-3-18(19)15-23-11-13-25(14-12-23)21(27)17-7-9-24(10-8-17)20(26)16-5-6-16/h1-4,16-17H,5-15H2. The number of nitrogens with zero attached hydrogens (tertiary/aromatic N) is 3. The second kappa shape index (κ2) is 7.97. The zero-order chi connectivity index (χ0) is 18.8. The number of halogens is 1. The van der Waals surface area contributed by atoms with E-state index in [2.05, 4.69) is 4.90 Å². The fourth-order valence-corrected chi connectivity index (χ4v) is 4.19. The smallest absolute Gasteiger partial charge is 0.225 e. The summed E-state index contributed by atoms with van der Waals surface area (Å²) >= 11 is 0. The molecule has 3 aliphatic rings. The van der Waals surface area contributed by atoms with E-state index in [0.29, 0.717) is 31.1 Å². The van der Waals surface area contributed by atoms with Crippen LogP contribution in [0.3, 0.4) is 0 Å². The monoisotopic (exact) mass is 373 g/mol. The molecule has 0 aromatic heterocycles. The number of likely N-dealkylation sites (tertiary alicyclic amines) is 1. The van der Waals surface area contributed by atoms with Crippen molar-refractivity contribution in [3.05, 3.63) is 35.6 Å². The number of carbonyl (C=O) groups is 2. The highest BCUT2D eigenvalue weighted by Gasteiger charge is 2.37. The molecule has 146 valence electrons. The summed E-state index contributed by atoms with van der Waals surface area (Å²) in [5.74, 6) is 0.677. The van der Waals surface area contributed by atoms with E-state index >= 15 is 0 Å². The second-order valence-electron chi connectivity index (χ2n) is 8.07. The Labute approximate surface area is 160 Å². The predicted octanol–water partition coefficient (Wildman–Crippen LogP) is 2.12. The van der Waals surface area contributed by atoms with E-state index in [-0.39, 0.29) is 23.6 Å². The van der Waals surface area contributed by atoms with Crippen molar-refractivity contribution in [2.45, 2.75) is 32.2 Å². The maximum Gasteiger partial charge on any atom is 0.225 e. The van der Waals surface area contributed by atoms with Crippen molar-refractivity contribution < 1.29 is 14.0 Å². The zero-order valence-corrected chi connectivity index (χ0v) is 15.8. The Kier molecular flexibility index (Phi) is 5.43. The van der Waals surface area contributed by atoms with Gasteiger partial charge in [0.1, 0.15) is 5.82 Å². The number of carbonyl (C=O) groups excluding carboxylic acids is 2. The molecule has 1 aromatic rings. The highest BCUT2D eigenvalue weighted by Crippen LogP contribution is 2.32. The van der Waals surface area contributed by atoms with Gasteiger partial charge in [-0.3, -0.25) is 14.5 Å². The summed E-state index contributed by atoms with van der Waals surface area (Å²) in [5.41, 5.74) is 0.713. The molecule has 2 amide bonds. The third kappa shape index (κ3) is 4.32. The molecule has 2 aliphatic heterocycles. The van der Waals surface area contributed by atoms with Crippen molar-refractivity contribution in [3.8, 4) is 0 Å². The molecule has 1 aliphatic carbocycles. The van der Waals surface area contributed by atoms with Crippen LogP contribution in [0.5, 0.6) is 0 Å². The fraction of sp³-hybridized carbons (Fsp3) is 0.619. The van der Waals surface area contributed by atoms with Crippen LogP contribution in [-0.2, 0) is 16.1 Å². The topological polar surface area (TPSA) is 43.9 Å². The Morgan fingerprint density at radius 3 is 1.96 bits per heavy atom. The van der Waals surface area contributed by atoms with Gasteiger partial charge in [-0.05, 0) is 31.7 Å². The summed E-state index contributed by atoms with van der Waals surface area (Å²) in [6.07, 6.45) is 3.64. The first-order chi connectivity index (χ1) is 13.1. The molecule has 2 heterocycles. The van der Waals surface area contributed by atoms with Crippen LogP contribution >= 0.6 is 0 Å². The zero-order valence-electron chi connectivity index (χ0n) is 15.8. The molecule has 2 saturated heterocycles. The number of piperazine rings is 1. The van der Waals surface area contributed by atoms with Gasteiger partial charge in [0.2, 0.25) is 11.8 Å². The number of hydrogen-bond donors (Lipinski definition) is 0. The number of amides is 2. The van der Waals surface area contributed by atoms with Gasteiger partial charge in [0.25, 0.3) is 0 Å². The van der Waals surface area contributed by atoms with Gasteiger partial charge in [-0.2, -0.15) is 0 Å². The molecule has 0 bridgehead atoms. The van der Waals surface area contributed by atoms with Crippen molar-refractivity contribution in [3.63, 3.8) is 0 Å². The Bertz CT molecular complexity index is 690. The average Bonchev–Trinajstić information content (AvgIpc) is 3.55. The molecule has 27 heavy (non-hydrogen) atoms. The van der Waals surface area contributed by atoms with Crippen molar-refractivity contribution in [2.75, 3.05) is 39.3 Å². The lowest BCUT2D eigenvalue weighted by Gasteiger charge is -2.38. The maximum absolute atomic E-state index is 13.8. The van der Waals surface area contributed by atoms with E-state index < -0.39 is 0 Å². The average molecular weight is 373 g/mol. The first-order valence-corrected chi connectivity index (χ1v) is 10.1. The Balaban J connectivity index is 1.23. The lowest BCUT2D eigenvalue weighted by Crippen LogP contribution is -2.51. The van der Waals surface area contributed by atoms with E-state index in [9.17, 15) is 14.0 Å². The molecule has 3 fully saturated rings. The van der Waals surface area contributed by atoms with Crippen LogP contribution in [0.1, 0.15) is 31.2 Å². The Hall–Kier alpha value is -1.95. The molecule has 1 saturated carbocycles. The van der Waals surface area contributed by atoms with Gasteiger partial charge in [-0.1, -0.05) is 18.2 Å². The van der Waals surface area contributed by atoms with Crippen molar-refractivity contribution >= 4 is 11.8 Å². The third-order valence-corrected chi connectivity index (χ3v) is 6.12. The third-order valence-electron chi connectivity index (χ3n) is 6.12. The number of hydrogen-bond acceptors (Lipinski definition) is 3. The normalized spacial score (nSPS) is 22.1. The predicted molar refractivity (Wildman–Crippen MR) is 100 cm³/mol. The van der Waals surface area contributed by atoms with E-state index in [0.717, 1.165) is 51.9 Å². The summed E-state index contributed by atoms with van der Waals surface area (Å²) in [5, 5.41) is 0. The van der Waals surface area contributed by atoms with Crippen molar-refractivity contribution in [1.82, 2.24) is 14.7 Å². The van der Waals surface area contributed by atoms with Crippen LogP contribution in [0.25, 0.3) is 0 Å². The summed E-state index contributed by atoms with van der Waals surface area (Å²) in [6, 6.07) is 6.89. The second-order valence-corrected chi connectivity index (χ2v) is 8.07. The first-order valence-electron chi connectivity index (χ1n) is 10.1. The molecule has 0 spiro atoms. The van der Waals surface area contributed by atoms with Crippen LogP contribution in [0.4, 0.5) is 4.39 Å². The van der Waals surface area contributed by atoms with Gasteiger partial charge in [0.05, 0.1) is 0 Å². The van der Waals surface area contributed by atoms with Gasteiger partial charge >= 0.3 is 0 Å². The van der Waals surface area contributed by atoms with Gasteiger partial charge in [0.15, 0.2) is 0 Å². The first kappa shape index (κ1) is 18.4. The van der Waals surface area contributed by atoms with Crippen molar-refractivity contribution in [2.24, 2.45) is 11.8 Å². The number of benzene rings is 1. The lowest BCUT2D eigenvalue weighted by atomic mass is 9.94. The molecule has 1 aromatic carbocycles. The molecule has 0 radical (unpaired) electrons. The highest BCUT2D eigenvalue weighted by molar-refractivity contribution is 5.82. The summed E-state index contributed by atoms with van der Waals surface area (Å²) < 4.78 is 13.8. The Morgan fingerprint density at radius 1 is 0.815 bits per heavy atom. The van der Waals surface area contributed by atoms with Crippen LogP contribution < -0.4 is 0 Å². The molecular formula is C21H28FN3O2. The van der Waals surface area contributed by atoms with Gasteiger partial charge in [0, 0.05) is 63.2 Å². The van der Waals surface area contributed by atoms with Gasteiger partial charge in [-0.25, -0.2) is 4.39 Å². The molecule has 6 heteroatoms. The van der Waals surface area contributed by atoms with Gasteiger partial charge < -0.3 is 9.80 Å². The summed E-state index contributed by atoms with van der Waals surface area (Å²) in [4.78, 5) is 31.1. The lowest BCUT2D eigenvalue weighted by molar-refractivity contribution is -0.142. The van der Waals surface area contributed by atoms with Crippen molar-refractivity contribution in [1.29, 1.82) is 0 Å². The number of rotatable bonds is 4. The van der Waals surface area contributed by atoms with Crippen LogP contribution in [-0.4, -0.2) is 65.8 Å². The maximum atomic E-state index is 13.8. The quantitative estimate of drug-likeness (QED) is 0.812. The number of piperidine rings is 1. The fourth-order valence-electron chi connectivity index (χ4n) is 4.19. The van der Waals surface area contributed by atoms with E-state index in [1.165, 1.54) is 6.07 Å². The van der Waals surface area contributed by atoms with E-state index in [1.807, 2.05) is 21.9 Å². The SMILES string of the molecule is O=C(C1CC1)N1CCC(C(=O)N2CCN(Cc3ccccc3F)CC2)CC1.